The average molecular weight is 201 g/mol. The molecule has 4 nitrogen and oxygen atoms in total. The Labute approximate surface area is 87.3 Å². The van der Waals surface area contributed by atoms with Gasteiger partial charge in [0, 0.05) is 18.1 Å². The fraction of sp³-hybridized carbons (Fsp3) is 0.182. The van der Waals surface area contributed by atoms with E-state index in [1.165, 1.54) is 0 Å². The van der Waals surface area contributed by atoms with E-state index < -0.39 is 0 Å². The summed E-state index contributed by atoms with van der Waals surface area (Å²) in [5, 5.41) is 6.96. The van der Waals surface area contributed by atoms with Gasteiger partial charge < -0.3 is 5.32 Å². The second-order valence-electron chi connectivity index (χ2n) is 3.15. The average Bonchev–Trinajstić information content (AvgIpc) is 2.30. The van der Waals surface area contributed by atoms with Crippen molar-refractivity contribution in [3.63, 3.8) is 0 Å². The molecule has 1 aromatic carbocycles. The van der Waals surface area contributed by atoms with Gasteiger partial charge in [-0.2, -0.15) is 0 Å². The highest BCUT2D eigenvalue weighted by Gasteiger charge is 2.05. The minimum Gasteiger partial charge on any atom is -0.384 e. The minimum absolute atomic E-state index is 0.430. The molecule has 0 aliphatic carbocycles. The lowest BCUT2D eigenvalue weighted by atomic mass is 10.1. The molecule has 1 aromatic heterocycles. The van der Waals surface area contributed by atoms with Crippen LogP contribution in [0.4, 0.5) is 11.4 Å². The molecule has 0 unspecified atom stereocenters. The third kappa shape index (κ3) is 1.66. The van der Waals surface area contributed by atoms with E-state index in [0.717, 1.165) is 23.1 Å². The summed E-state index contributed by atoms with van der Waals surface area (Å²) in [4.78, 5) is 14.8. The lowest BCUT2D eigenvalue weighted by Crippen LogP contribution is -1.97. The van der Waals surface area contributed by atoms with E-state index in [1.807, 2.05) is 19.1 Å². The van der Waals surface area contributed by atoms with Crippen molar-refractivity contribution >= 4 is 22.3 Å². The van der Waals surface area contributed by atoms with Crippen LogP contribution in [0, 0.1) is 4.91 Å². The molecule has 2 aromatic rings. The summed E-state index contributed by atoms with van der Waals surface area (Å²) in [6.07, 6.45) is 1.71. The van der Waals surface area contributed by atoms with Gasteiger partial charge >= 0.3 is 0 Å². The van der Waals surface area contributed by atoms with Gasteiger partial charge in [0.05, 0.1) is 11.2 Å². The Morgan fingerprint density at radius 1 is 1.40 bits per heavy atom. The highest BCUT2D eigenvalue weighted by atomic mass is 16.3. The molecule has 0 fully saturated rings. The zero-order chi connectivity index (χ0) is 10.7. The third-order valence-corrected chi connectivity index (χ3v) is 2.21. The summed E-state index contributed by atoms with van der Waals surface area (Å²) in [6, 6.07) is 7.18. The number of pyridine rings is 1. The first-order valence-electron chi connectivity index (χ1n) is 4.81. The molecule has 0 saturated carbocycles. The van der Waals surface area contributed by atoms with Gasteiger partial charge in [0.15, 0.2) is 0 Å². The molecular formula is C11H11N3O. The predicted molar refractivity (Wildman–Crippen MR) is 61.4 cm³/mol. The van der Waals surface area contributed by atoms with Crippen molar-refractivity contribution in [3.8, 4) is 0 Å². The van der Waals surface area contributed by atoms with Gasteiger partial charge in [-0.3, -0.25) is 4.98 Å². The van der Waals surface area contributed by atoms with Crippen molar-refractivity contribution in [2.45, 2.75) is 6.92 Å². The van der Waals surface area contributed by atoms with Crippen LogP contribution in [0.3, 0.4) is 0 Å². The lowest BCUT2D eigenvalue weighted by Gasteiger charge is -2.07. The number of benzene rings is 1. The molecule has 0 saturated heterocycles. The first-order chi connectivity index (χ1) is 7.36. The van der Waals surface area contributed by atoms with Crippen LogP contribution in [0.1, 0.15) is 6.92 Å². The summed E-state index contributed by atoms with van der Waals surface area (Å²) >= 11 is 0. The van der Waals surface area contributed by atoms with Crippen LogP contribution in [0.2, 0.25) is 0 Å². The van der Waals surface area contributed by atoms with Crippen molar-refractivity contribution in [2.24, 2.45) is 5.18 Å². The largest absolute Gasteiger partial charge is 0.384 e. The maximum absolute atomic E-state index is 10.6. The van der Waals surface area contributed by atoms with Crippen LogP contribution in [0.5, 0.6) is 0 Å². The zero-order valence-corrected chi connectivity index (χ0v) is 8.40. The Kier molecular flexibility index (Phi) is 2.58. The maximum atomic E-state index is 10.6. The monoisotopic (exact) mass is 201 g/mol. The van der Waals surface area contributed by atoms with E-state index in [1.54, 1.807) is 18.3 Å². The quantitative estimate of drug-likeness (QED) is 0.776. The van der Waals surface area contributed by atoms with Gasteiger partial charge in [-0.05, 0) is 36.4 Å². The molecule has 15 heavy (non-hydrogen) atoms. The Hall–Kier alpha value is -1.97. The number of fused-ring (bicyclic) bond motifs is 1. The standard InChI is InChI=1S/C11H11N3O/c1-2-12-10-6-5-9(14-15)8-4-3-7-13-11(8)10/h3-7,12H,2H2,1H3. The Balaban J connectivity index is 2.71. The van der Waals surface area contributed by atoms with Crippen molar-refractivity contribution < 1.29 is 0 Å². The van der Waals surface area contributed by atoms with Gasteiger partial charge in [0.25, 0.3) is 0 Å². The molecule has 2 rings (SSSR count). The first kappa shape index (κ1) is 9.58. The molecule has 0 amide bonds. The van der Waals surface area contributed by atoms with Gasteiger partial charge in [0.1, 0.15) is 5.69 Å². The smallest absolute Gasteiger partial charge is 0.117 e. The number of nitrogens with one attached hydrogen (secondary N) is 1. The number of nitrogens with zero attached hydrogens (tertiary/aromatic N) is 2. The van der Waals surface area contributed by atoms with E-state index in [-0.39, 0.29) is 0 Å². The predicted octanol–water partition coefficient (Wildman–Crippen LogP) is 3.06. The van der Waals surface area contributed by atoms with Crippen molar-refractivity contribution in [1.82, 2.24) is 4.98 Å². The molecule has 4 heteroatoms. The van der Waals surface area contributed by atoms with Crippen molar-refractivity contribution in [3.05, 3.63) is 35.4 Å². The van der Waals surface area contributed by atoms with Crippen LogP contribution in [0.15, 0.2) is 35.6 Å². The first-order valence-corrected chi connectivity index (χ1v) is 4.81. The van der Waals surface area contributed by atoms with Gasteiger partial charge in [-0.1, -0.05) is 0 Å². The van der Waals surface area contributed by atoms with E-state index in [2.05, 4.69) is 15.5 Å². The Bertz CT molecular complexity index is 496. The Morgan fingerprint density at radius 2 is 2.27 bits per heavy atom. The number of hydrogen-bond acceptors (Lipinski definition) is 4. The number of anilines is 1. The van der Waals surface area contributed by atoms with Gasteiger partial charge in [-0.15, -0.1) is 4.91 Å². The van der Waals surface area contributed by atoms with Crippen LogP contribution in [-0.4, -0.2) is 11.5 Å². The summed E-state index contributed by atoms with van der Waals surface area (Å²) < 4.78 is 0. The molecule has 0 aliphatic heterocycles. The highest BCUT2D eigenvalue weighted by Crippen LogP contribution is 2.29. The van der Waals surface area contributed by atoms with E-state index in [4.69, 9.17) is 0 Å². The second-order valence-corrected chi connectivity index (χ2v) is 3.15. The SMILES string of the molecule is CCNc1ccc(N=O)c2cccnc12. The molecule has 0 spiro atoms. The number of hydrogen-bond donors (Lipinski definition) is 1. The Morgan fingerprint density at radius 3 is 3.00 bits per heavy atom. The number of aromatic nitrogens is 1. The maximum Gasteiger partial charge on any atom is 0.117 e. The summed E-state index contributed by atoms with van der Waals surface area (Å²) in [6.45, 7) is 2.83. The molecule has 0 aliphatic rings. The van der Waals surface area contributed by atoms with Gasteiger partial charge in [-0.25, -0.2) is 0 Å². The van der Waals surface area contributed by atoms with Crippen molar-refractivity contribution in [2.75, 3.05) is 11.9 Å². The fourth-order valence-electron chi connectivity index (χ4n) is 1.57. The third-order valence-electron chi connectivity index (χ3n) is 2.21. The normalized spacial score (nSPS) is 10.2. The molecule has 0 atom stereocenters. The number of rotatable bonds is 3. The van der Waals surface area contributed by atoms with Gasteiger partial charge in [0.2, 0.25) is 0 Å². The molecule has 76 valence electrons. The minimum atomic E-state index is 0.430. The summed E-state index contributed by atoms with van der Waals surface area (Å²) in [5.41, 5.74) is 2.15. The van der Waals surface area contributed by atoms with Crippen LogP contribution >= 0.6 is 0 Å². The number of nitroso groups, excluding NO2 is 1. The van der Waals surface area contributed by atoms with E-state index >= 15 is 0 Å². The molecule has 0 radical (unpaired) electrons. The van der Waals surface area contributed by atoms with Crippen LogP contribution in [0.25, 0.3) is 10.9 Å². The van der Waals surface area contributed by atoms with Crippen molar-refractivity contribution in [1.29, 1.82) is 0 Å². The fourth-order valence-corrected chi connectivity index (χ4v) is 1.57. The summed E-state index contributed by atoms with van der Waals surface area (Å²) in [7, 11) is 0. The van der Waals surface area contributed by atoms with E-state index in [0.29, 0.717) is 5.69 Å². The van der Waals surface area contributed by atoms with E-state index in [9.17, 15) is 4.91 Å². The van der Waals surface area contributed by atoms with Crippen LogP contribution in [-0.2, 0) is 0 Å². The molecule has 1 heterocycles. The summed E-state index contributed by atoms with van der Waals surface area (Å²) in [5.74, 6) is 0. The molecule has 0 bridgehead atoms. The zero-order valence-electron chi connectivity index (χ0n) is 8.40. The lowest BCUT2D eigenvalue weighted by molar-refractivity contribution is 1.21. The van der Waals surface area contributed by atoms with Crippen LogP contribution < -0.4 is 5.32 Å². The topological polar surface area (TPSA) is 54.4 Å². The highest BCUT2D eigenvalue weighted by molar-refractivity contribution is 5.97. The molecule has 1 N–H and O–H groups in total. The second kappa shape index (κ2) is 4.04. The molecular weight excluding hydrogens is 190 g/mol.